The number of hydrogen-bond donors (Lipinski definition) is 0. The highest BCUT2D eigenvalue weighted by Crippen LogP contribution is 2.50. The van der Waals surface area contributed by atoms with Gasteiger partial charge < -0.3 is 14.5 Å². The zero-order valence-electron chi connectivity index (χ0n) is 17.1. The normalized spacial score (nSPS) is 19.0. The Kier molecular flexibility index (Phi) is 5.78. The summed E-state index contributed by atoms with van der Waals surface area (Å²) in [7, 11) is 0. The molecule has 0 N–H and O–H groups in total. The fourth-order valence-electron chi connectivity index (χ4n) is 3.94. The number of nitrogens with zero attached hydrogens (tertiary/aromatic N) is 2. The van der Waals surface area contributed by atoms with E-state index in [2.05, 4.69) is 32.0 Å². The molecule has 0 radical (unpaired) electrons. The zero-order chi connectivity index (χ0) is 19.6. The monoisotopic (exact) mass is 372 g/mol. The van der Waals surface area contributed by atoms with Crippen LogP contribution in [0.5, 0.6) is 0 Å². The van der Waals surface area contributed by atoms with Crippen molar-refractivity contribution in [3.63, 3.8) is 0 Å². The summed E-state index contributed by atoms with van der Waals surface area (Å²) < 4.78 is 5.35. The Balaban J connectivity index is 1.65. The third-order valence-electron chi connectivity index (χ3n) is 5.52. The predicted molar refractivity (Wildman–Crippen MR) is 106 cm³/mol. The van der Waals surface area contributed by atoms with Crippen molar-refractivity contribution in [3.05, 3.63) is 34.9 Å². The maximum atomic E-state index is 13.3. The third kappa shape index (κ3) is 4.45. The van der Waals surface area contributed by atoms with Crippen molar-refractivity contribution in [2.45, 2.75) is 52.4 Å². The molecule has 0 bridgehead atoms. The summed E-state index contributed by atoms with van der Waals surface area (Å²) in [4.78, 5) is 29.3. The van der Waals surface area contributed by atoms with E-state index in [9.17, 15) is 9.59 Å². The first kappa shape index (κ1) is 19.7. The number of ether oxygens (including phenoxy) is 1. The topological polar surface area (TPSA) is 49.9 Å². The highest BCUT2D eigenvalue weighted by Gasteiger charge is 2.53. The summed E-state index contributed by atoms with van der Waals surface area (Å²) in [5.74, 6) is 0.552. The van der Waals surface area contributed by atoms with Crippen LogP contribution in [0.2, 0.25) is 0 Å². The van der Waals surface area contributed by atoms with Gasteiger partial charge in [0.05, 0.1) is 12.0 Å². The average molecular weight is 373 g/mol. The summed E-state index contributed by atoms with van der Waals surface area (Å²) in [5.41, 5.74) is 3.23. The maximum absolute atomic E-state index is 13.3. The number of carbonyl (C=O) groups excluding carboxylic acids is 2. The van der Waals surface area contributed by atoms with Gasteiger partial charge in [-0.25, -0.2) is 4.79 Å². The number of benzene rings is 1. The Morgan fingerprint density at radius 2 is 1.59 bits per heavy atom. The second-order valence-electron chi connectivity index (χ2n) is 8.56. The molecule has 1 saturated carbocycles. The van der Waals surface area contributed by atoms with E-state index in [1.807, 2.05) is 18.7 Å². The lowest BCUT2D eigenvalue weighted by atomic mass is 9.91. The lowest BCUT2D eigenvalue weighted by Crippen LogP contribution is -2.42. The molecule has 5 heteroatoms. The van der Waals surface area contributed by atoms with Crippen molar-refractivity contribution >= 4 is 12.0 Å². The van der Waals surface area contributed by atoms with E-state index in [-0.39, 0.29) is 17.4 Å². The van der Waals surface area contributed by atoms with Crippen molar-refractivity contribution in [3.8, 4) is 0 Å². The van der Waals surface area contributed by atoms with Crippen LogP contribution >= 0.6 is 0 Å². The minimum absolute atomic E-state index is 0.227. The van der Waals surface area contributed by atoms with E-state index in [0.29, 0.717) is 38.7 Å². The van der Waals surface area contributed by atoms with Crippen molar-refractivity contribution in [2.24, 2.45) is 5.92 Å². The molecule has 0 aromatic heterocycles. The smallest absolute Gasteiger partial charge is 0.409 e. The van der Waals surface area contributed by atoms with Crippen LogP contribution in [-0.2, 0) is 14.9 Å². The van der Waals surface area contributed by atoms with Crippen LogP contribution < -0.4 is 0 Å². The van der Waals surface area contributed by atoms with Gasteiger partial charge in [-0.05, 0) is 44.6 Å². The number of amides is 2. The SMILES string of the molecule is Cc1cc(C)cc(C2(C(=O)N3CCCN(C(=O)OCC(C)C)CC3)CC2)c1. The highest BCUT2D eigenvalue weighted by molar-refractivity contribution is 5.91. The van der Waals surface area contributed by atoms with E-state index in [1.165, 1.54) is 11.1 Å². The van der Waals surface area contributed by atoms with Gasteiger partial charge in [0.25, 0.3) is 0 Å². The molecular weight excluding hydrogens is 340 g/mol. The van der Waals surface area contributed by atoms with Crippen LogP contribution in [0, 0.1) is 19.8 Å². The molecule has 0 unspecified atom stereocenters. The molecule has 2 amide bonds. The molecule has 3 rings (SSSR count). The first-order valence-electron chi connectivity index (χ1n) is 10.1. The molecule has 1 saturated heterocycles. The summed E-state index contributed by atoms with van der Waals surface area (Å²) in [6.45, 7) is 11.2. The fraction of sp³-hybridized carbons (Fsp3) is 0.636. The molecule has 5 nitrogen and oxygen atoms in total. The molecule has 0 atom stereocenters. The Bertz CT molecular complexity index is 689. The molecule has 0 spiro atoms. The summed E-state index contributed by atoms with van der Waals surface area (Å²) in [6.07, 6.45) is 2.38. The van der Waals surface area contributed by atoms with Crippen LogP contribution in [0.4, 0.5) is 4.79 Å². The largest absolute Gasteiger partial charge is 0.449 e. The van der Waals surface area contributed by atoms with Crippen LogP contribution in [0.25, 0.3) is 0 Å². The zero-order valence-corrected chi connectivity index (χ0v) is 17.1. The minimum Gasteiger partial charge on any atom is -0.449 e. The van der Waals surface area contributed by atoms with E-state index >= 15 is 0 Å². The number of carbonyl (C=O) groups is 2. The molecule has 1 aliphatic carbocycles. The average Bonchev–Trinajstić information content (AvgIpc) is 3.42. The van der Waals surface area contributed by atoms with E-state index in [4.69, 9.17) is 4.74 Å². The molecule has 148 valence electrons. The number of aryl methyl sites for hydroxylation is 2. The molecule has 1 aliphatic heterocycles. The van der Waals surface area contributed by atoms with Crippen molar-refractivity contribution < 1.29 is 14.3 Å². The Morgan fingerprint density at radius 3 is 2.19 bits per heavy atom. The lowest BCUT2D eigenvalue weighted by Gasteiger charge is -2.27. The molecule has 27 heavy (non-hydrogen) atoms. The quantitative estimate of drug-likeness (QED) is 0.810. The van der Waals surface area contributed by atoms with Gasteiger partial charge in [0, 0.05) is 26.2 Å². The maximum Gasteiger partial charge on any atom is 0.409 e. The number of rotatable bonds is 4. The van der Waals surface area contributed by atoms with Gasteiger partial charge in [0.1, 0.15) is 0 Å². The summed E-state index contributed by atoms with van der Waals surface area (Å²) in [6, 6.07) is 6.47. The summed E-state index contributed by atoms with van der Waals surface area (Å²) in [5, 5.41) is 0. The lowest BCUT2D eigenvalue weighted by molar-refractivity contribution is -0.133. The van der Waals surface area contributed by atoms with Crippen LogP contribution in [0.3, 0.4) is 0 Å². The van der Waals surface area contributed by atoms with E-state index in [1.54, 1.807) is 4.90 Å². The molecule has 2 fully saturated rings. The molecule has 1 aromatic rings. The van der Waals surface area contributed by atoms with Crippen LogP contribution in [0.15, 0.2) is 18.2 Å². The predicted octanol–water partition coefficient (Wildman–Crippen LogP) is 3.66. The second kappa shape index (κ2) is 7.91. The van der Waals surface area contributed by atoms with Crippen molar-refractivity contribution in [2.75, 3.05) is 32.8 Å². The molecule has 1 heterocycles. The Hall–Kier alpha value is -2.04. The van der Waals surface area contributed by atoms with Crippen molar-refractivity contribution in [1.82, 2.24) is 9.80 Å². The van der Waals surface area contributed by atoms with Gasteiger partial charge >= 0.3 is 6.09 Å². The van der Waals surface area contributed by atoms with Gasteiger partial charge in [-0.15, -0.1) is 0 Å². The van der Waals surface area contributed by atoms with Crippen molar-refractivity contribution in [1.29, 1.82) is 0 Å². The third-order valence-corrected chi connectivity index (χ3v) is 5.52. The van der Waals surface area contributed by atoms with E-state index < -0.39 is 0 Å². The number of hydrogen-bond acceptors (Lipinski definition) is 3. The second-order valence-corrected chi connectivity index (χ2v) is 8.56. The van der Waals surface area contributed by atoms with E-state index in [0.717, 1.165) is 24.8 Å². The van der Waals surface area contributed by atoms with Gasteiger partial charge in [0.2, 0.25) is 5.91 Å². The van der Waals surface area contributed by atoms with Crippen LogP contribution in [-0.4, -0.2) is 54.6 Å². The molecule has 2 aliphatic rings. The first-order chi connectivity index (χ1) is 12.8. The van der Waals surface area contributed by atoms with Gasteiger partial charge in [-0.1, -0.05) is 43.2 Å². The van der Waals surface area contributed by atoms with Gasteiger partial charge in [-0.2, -0.15) is 0 Å². The van der Waals surface area contributed by atoms with Gasteiger partial charge in [-0.3, -0.25) is 4.79 Å². The Labute approximate surface area is 162 Å². The summed E-state index contributed by atoms with van der Waals surface area (Å²) >= 11 is 0. The Morgan fingerprint density at radius 1 is 1.00 bits per heavy atom. The molecular formula is C22H32N2O3. The minimum atomic E-state index is -0.343. The highest BCUT2D eigenvalue weighted by atomic mass is 16.6. The van der Waals surface area contributed by atoms with Gasteiger partial charge in [0.15, 0.2) is 0 Å². The molecule has 1 aromatic carbocycles. The van der Waals surface area contributed by atoms with Crippen LogP contribution in [0.1, 0.15) is 49.8 Å². The first-order valence-corrected chi connectivity index (χ1v) is 10.1. The fourth-order valence-corrected chi connectivity index (χ4v) is 3.94. The standard InChI is InChI=1S/C22H32N2O3/c1-16(2)15-27-21(26)24-9-5-8-23(10-11-24)20(25)22(6-7-22)19-13-17(3)12-18(4)14-19/h12-14,16H,5-11,15H2,1-4H3.